The van der Waals surface area contributed by atoms with Crippen LogP contribution in [0.15, 0.2) is 0 Å². The summed E-state index contributed by atoms with van der Waals surface area (Å²) < 4.78 is 0. The number of aliphatic hydroxyl groups is 2. The Balaban J connectivity index is 2.11. The Kier molecular flexibility index (Phi) is 2.87. The predicted molar refractivity (Wildman–Crippen MR) is 43.3 cm³/mol. The molecule has 0 spiro atoms. The molecule has 0 aromatic rings. The lowest BCUT2D eigenvalue weighted by Crippen LogP contribution is -2.53. The van der Waals surface area contributed by atoms with Crippen molar-refractivity contribution in [2.24, 2.45) is 5.92 Å². The summed E-state index contributed by atoms with van der Waals surface area (Å²) in [4.78, 5) is 2.06. The van der Waals surface area contributed by atoms with Gasteiger partial charge in [0.05, 0.1) is 12.2 Å². The van der Waals surface area contributed by atoms with Crippen molar-refractivity contribution < 1.29 is 10.2 Å². The molecule has 1 heterocycles. The molecule has 1 aliphatic heterocycles. The van der Waals surface area contributed by atoms with Crippen molar-refractivity contribution in [2.75, 3.05) is 19.6 Å². The van der Waals surface area contributed by atoms with Gasteiger partial charge in [-0.15, -0.1) is 0 Å². The van der Waals surface area contributed by atoms with Gasteiger partial charge in [-0.2, -0.15) is 0 Å². The van der Waals surface area contributed by atoms with Crippen LogP contribution in [0.25, 0.3) is 0 Å². The van der Waals surface area contributed by atoms with Crippen LogP contribution in [-0.2, 0) is 0 Å². The molecule has 1 aliphatic rings. The Labute approximate surface area is 67.6 Å². The summed E-state index contributed by atoms with van der Waals surface area (Å²) in [5.74, 6) is 0.313. The third kappa shape index (κ3) is 2.43. The molecule has 2 N–H and O–H groups in total. The van der Waals surface area contributed by atoms with E-state index < -0.39 is 0 Å². The molecule has 3 heteroatoms. The normalized spacial score (nSPS) is 23.7. The summed E-state index contributed by atoms with van der Waals surface area (Å²) in [5.41, 5.74) is 0. The fourth-order valence-electron chi connectivity index (χ4n) is 1.17. The summed E-state index contributed by atoms with van der Waals surface area (Å²) >= 11 is 0. The average Bonchev–Trinajstić information content (AvgIpc) is 1.84. The minimum absolute atomic E-state index is 0.158. The van der Waals surface area contributed by atoms with E-state index >= 15 is 0 Å². The van der Waals surface area contributed by atoms with E-state index in [0.717, 1.165) is 13.1 Å². The smallest absolute Gasteiger partial charge is 0.0793 e. The van der Waals surface area contributed by atoms with Crippen molar-refractivity contribution >= 4 is 0 Å². The minimum Gasteiger partial charge on any atom is -0.392 e. The highest BCUT2D eigenvalue weighted by molar-refractivity contribution is 4.81. The van der Waals surface area contributed by atoms with Gasteiger partial charge in [0, 0.05) is 19.6 Å². The fraction of sp³-hybridized carbons (Fsp3) is 1.00. The van der Waals surface area contributed by atoms with Crippen LogP contribution in [0.4, 0.5) is 0 Å². The first kappa shape index (κ1) is 8.97. The molecule has 0 radical (unpaired) electrons. The Hall–Kier alpha value is -0.120. The van der Waals surface area contributed by atoms with Crippen LogP contribution in [0.3, 0.4) is 0 Å². The zero-order valence-corrected chi connectivity index (χ0v) is 7.20. The number of likely N-dealkylation sites (tertiary alicyclic amines) is 1. The fourth-order valence-corrected chi connectivity index (χ4v) is 1.17. The molecule has 1 fully saturated rings. The molecule has 0 aromatic heterocycles. The molecule has 66 valence electrons. The second-order valence-corrected chi connectivity index (χ2v) is 3.68. The molecule has 0 saturated carbocycles. The minimum atomic E-state index is -0.248. The third-order valence-corrected chi connectivity index (χ3v) is 2.15. The van der Waals surface area contributed by atoms with Crippen LogP contribution >= 0.6 is 0 Å². The Bertz CT molecular complexity index is 121. The first-order chi connectivity index (χ1) is 5.09. The van der Waals surface area contributed by atoms with E-state index in [1.807, 2.05) is 13.8 Å². The zero-order valence-electron chi connectivity index (χ0n) is 7.20. The number of β-amino-alcohol motifs (C(OH)–C–C–N with tert-alkyl or cyclic N) is 2. The Morgan fingerprint density at radius 3 is 2.36 bits per heavy atom. The lowest BCUT2D eigenvalue weighted by atomic mass is 10.0. The van der Waals surface area contributed by atoms with E-state index in [0.29, 0.717) is 12.5 Å². The van der Waals surface area contributed by atoms with Crippen molar-refractivity contribution in [3.05, 3.63) is 0 Å². The first-order valence-corrected chi connectivity index (χ1v) is 4.18. The number of rotatable bonds is 3. The van der Waals surface area contributed by atoms with E-state index in [-0.39, 0.29) is 12.2 Å². The average molecular weight is 159 g/mol. The highest BCUT2D eigenvalue weighted by Gasteiger charge is 2.26. The number of aliphatic hydroxyl groups excluding tert-OH is 2. The largest absolute Gasteiger partial charge is 0.392 e. The molecule has 0 amide bonds. The first-order valence-electron chi connectivity index (χ1n) is 4.18. The second-order valence-electron chi connectivity index (χ2n) is 3.68. The van der Waals surface area contributed by atoms with Crippen LogP contribution in [0, 0.1) is 5.92 Å². The van der Waals surface area contributed by atoms with E-state index in [9.17, 15) is 5.11 Å². The zero-order chi connectivity index (χ0) is 8.43. The Morgan fingerprint density at radius 2 is 2.00 bits per heavy atom. The molecule has 0 bridgehead atoms. The van der Waals surface area contributed by atoms with Crippen LogP contribution in [-0.4, -0.2) is 47.0 Å². The standard InChI is InChI=1S/C8H17NO2/c1-6(2)8(11)5-9-3-7(10)4-9/h6-8,10-11H,3-5H2,1-2H3. The maximum Gasteiger partial charge on any atom is 0.0793 e. The summed E-state index contributed by atoms with van der Waals surface area (Å²) in [6.45, 7) is 6.16. The van der Waals surface area contributed by atoms with Gasteiger partial charge in [0.2, 0.25) is 0 Å². The van der Waals surface area contributed by atoms with Crippen LogP contribution in [0.5, 0.6) is 0 Å². The molecular weight excluding hydrogens is 142 g/mol. The monoisotopic (exact) mass is 159 g/mol. The second kappa shape index (κ2) is 3.52. The molecule has 1 saturated heterocycles. The number of nitrogens with zero attached hydrogens (tertiary/aromatic N) is 1. The van der Waals surface area contributed by atoms with Gasteiger partial charge < -0.3 is 10.2 Å². The van der Waals surface area contributed by atoms with Gasteiger partial charge >= 0.3 is 0 Å². The molecule has 0 aromatic carbocycles. The third-order valence-electron chi connectivity index (χ3n) is 2.15. The van der Waals surface area contributed by atoms with Gasteiger partial charge in [-0.25, -0.2) is 0 Å². The summed E-state index contributed by atoms with van der Waals surface area (Å²) in [5, 5.41) is 18.4. The van der Waals surface area contributed by atoms with Gasteiger partial charge in [-0.05, 0) is 5.92 Å². The predicted octanol–water partition coefficient (Wildman–Crippen LogP) is -0.320. The summed E-state index contributed by atoms with van der Waals surface area (Å²) in [6, 6.07) is 0. The highest BCUT2D eigenvalue weighted by atomic mass is 16.3. The van der Waals surface area contributed by atoms with Crippen LogP contribution in [0.2, 0.25) is 0 Å². The van der Waals surface area contributed by atoms with Gasteiger partial charge in [-0.3, -0.25) is 4.90 Å². The van der Waals surface area contributed by atoms with E-state index in [4.69, 9.17) is 5.11 Å². The lowest BCUT2D eigenvalue weighted by Gasteiger charge is -2.37. The van der Waals surface area contributed by atoms with Crippen LogP contribution in [0.1, 0.15) is 13.8 Å². The van der Waals surface area contributed by atoms with Crippen LogP contribution < -0.4 is 0 Å². The molecule has 1 unspecified atom stereocenters. The SMILES string of the molecule is CC(C)C(O)CN1CC(O)C1. The highest BCUT2D eigenvalue weighted by Crippen LogP contribution is 2.10. The van der Waals surface area contributed by atoms with Crippen molar-refractivity contribution in [1.82, 2.24) is 4.90 Å². The number of hydrogen-bond acceptors (Lipinski definition) is 3. The van der Waals surface area contributed by atoms with Gasteiger partial charge in [0.1, 0.15) is 0 Å². The molecule has 11 heavy (non-hydrogen) atoms. The Morgan fingerprint density at radius 1 is 1.45 bits per heavy atom. The topological polar surface area (TPSA) is 43.7 Å². The maximum absolute atomic E-state index is 9.42. The van der Waals surface area contributed by atoms with E-state index in [2.05, 4.69) is 4.90 Å². The van der Waals surface area contributed by atoms with Gasteiger partial charge in [0.15, 0.2) is 0 Å². The summed E-state index contributed by atoms with van der Waals surface area (Å²) in [6.07, 6.45) is -0.406. The van der Waals surface area contributed by atoms with E-state index in [1.54, 1.807) is 0 Å². The van der Waals surface area contributed by atoms with Gasteiger partial charge in [0.25, 0.3) is 0 Å². The van der Waals surface area contributed by atoms with Crippen molar-refractivity contribution in [3.63, 3.8) is 0 Å². The van der Waals surface area contributed by atoms with Crippen molar-refractivity contribution in [1.29, 1.82) is 0 Å². The molecule has 1 rings (SSSR count). The molecule has 0 aliphatic carbocycles. The molecule has 3 nitrogen and oxygen atoms in total. The van der Waals surface area contributed by atoms with Crippen molar-refractivity contribution in [3.8, 4) is 0 Å². The molecular formula is C8H17NO2. The van der Waals surface area contributed by atoms with Crippen molar-refractivity contribution in [2.45, 2.75) is 26.1 Å². The van der Waals surface area contributed by atoms with Gasteiger partial charge in [-0.1, -0.05) is 13.8 Å². The molecule has 1 atom stereocenters. The number of hydrogen-bond donors (Lipinski definition) is 2. The maximum atomic E-state index is 9.42. The quantitative estimate of drug-likeness (QED) is 0.593. The summed E-state index contributed by atoms with van der Waals surface area (Å²) in [7, 11) is 0. The van der Waals surface area contributed by atoms with E-state index in [1.165, 1.54) is 0 Å². The lowest BCUT2D eigenvalue weighted by molar-refractivity contribution is -0.0299.